The van der Waals surface area contributed by atoms with Gasteiger partial charge in [0, 0.05) is 0 Å². The molecule has 0 amide bonds. The molecule has 6 heteroatoms. The molecule has 0 nitrogen and oxygen atoms in total. The van der Waals surface area contributed by atoms with Crippen LogP contribution >= 0.6 is 0 Å². The molecule has 0 aliphatic heterocycles. The van der Waals surface area contributed by atoms with Gasteiger partial charge in [0.2, 0.25) is 5.82 Å². The number of hydrogen-bond donors (Lipinski definition) is 0. The third-order valence-electron chi connectivity index (χ3n) is 1.38. The SMILES string of the molecule is FC#Cc1c(F)c(F)c(F)c(F)c1F. The first-order valence-corrected chi connectivity index (χ1v) is 3.13. The second kappa shape index (κ2) is 3.62. The van der Waals surface area contributed by atoms with Crippen LogP contribution in [0.15, 0.2) is 0 Å². The van der Waals surface area contributed by atoms with Crippen LogP contribution in [0.2, 0.25) is 0 Å². The predicted octanol–water partition coefficient (Wildman–Crippen LogP) is 2.66. The molecule has 74 valence electrons. The number of benzene rings is 1. The van der Waals surface area contributed by atoms with Crippen molar-refractivity contribution in [2.45, 2.75) is 0 Å². The molecule has 0 N–H and O–H groups in total. The summed E-state index contributed by atoms with van der Waals surface area (Å²) in [5.74, 6) is -9.76. The third-order valence-corrected chi connectivity index (χ3v) is 1.38. The number of halogens is 6. The van der Waals surface area contributed by atoms with E-state index < -0.39 is 34.6 Å². The summed E-state index contributed by atoms with van der Waals surface area (Å²) in [4.78, 5) is 0. The van der Waals surface area contributed by atoms with Gasteiger partial charge in [-0.2, -0.15) is 0 Å². The van der Waals surface area contributed by atoms with Crippen molar-refractivity contribution >= 4 is 0 Å². The summed E-state index contributed by atoms with van der Waals surface area (Å²) in [6.45, 7) is 0. The molecule has 0 aromatic heterocycles. The highest BCUT2D eigenvalue weighted by atomic mass is 19.2. The van der Waals surface area contributed by atoms with E-state index >= 15 is 0 Å². The van der Waals surface area contributed by atoms with E-state index in [1.165, 1.54) is 0 Å². The largest absolute Gasteiger partial charge is 0.202 e. The number of hydrogen-bond acceptors (Lipinski definition) is 0. The van der Waals surface area contributed by atoms with Gasteiger partial charge in [-0.15, -0.1) is 4.39 Å². The molecule has 0 aliphatic carbocycles. The average molecular weight is 210 g/mol. The van der Waals surface area contributed by atoms with E-state index in [0.29, 0.717) is 6.17 Å². The molecule has 0 atom stereocenters. The molecule has 0 radical (unpaired) electrons. The van der Waals surface area contributed by atoms with Crippen molar-refractivity contribution in [3.63, 3.8) is 0 Å². The summed E-state index contributed by atoms with van der Waals surface area (Å²) in [7, 11) is 0. The quantitative estimate of drug-likeness (QED) is 0.267. The first-order valence-electron chi connectivity index (χ1n) is 3.13. The Kier molecular flexibility index (Phi) is 2.70. The Labute approximate surface area is 74.2 Å². The summed E-state index contributed by atoms with van der Waals surface area (Å²) in [6, 6.07) is 0. The average Bonchev–Trinajstić information content (AvgIpc) is 2.19. The lowest BCUT2D eigenvalue weighted by Gasteiger charge is -2.01. The van der Waals surface area contributed by atoms with Gasteiger partial charge in [-0.3, -0.25) is 0 Å². The lowest BCUT2D eigenvalue weighted by Crippen LogP contribution is -2.04. The van der Waals surface area contributed by atoms with Crippen LogP contribution < -0.4 is 0 Å². The molecule has 0 saturated carbocycles. The van der Waals surface area contributed by atoms with E-state index in [9.17, 15) is 26.3 Å². The maximum absolute atomic E-state index is 12.6. The van der Waals surface area contributed by atoms with Crippen molar-refractivity contribution in [3.8, 4) is 12.1 Å². The third kappa shape index (κ3) is 1.41. The van der Waals surface area contributed by atoms with E-state index in [-0.39, 0.29) is 0 Å². The standard InChI is InChI=1S/C8F6/c9-2-1-3-4(10)6(12)8(14)7(13)5(3)11. The van der Waals surface area contributed by atoms with Gasteiger partial charge in [0.25, 0.3) is 0 Å². The van der Waals surface area contributed by atoms with Crippen LogP contribution in [-0.2, 0) is 0 Å². The van der Waals surface area contributed by atoms with Gasteiger partial charge in [0.15, 0.2) is 23.3 Å². The minimum atomic E-state index is -2.30. The van der Waals surface area contributed by atoms with Crippen LogP contribution in [-0.4, -0.2) is 0 Å². The molecule has 0 bridgehead atoms. The maximum atomic E-state index is 12.6. The Morgan fingerprint density at radius 3 is 1.36 bits per heavy atom. The molecule has 0 spiro atoms. The second-order valence-electron chi connectivity index (χ2n) is 2.16. The Bertz CT molecular complexity index is 410. The Balaban J connectivity index is 3.65. The predicted molar refractivity (Wildman–Crippen MR) is 34.2 cm³/mol. The van der Waals surface area contributed by atoms with Gasteiger partial charge >= 0.3 is 0 Å². The summed E-state index contributed by atoms with van der Waals surface area (Å²) >= 11 is 0. The molecule has 1 aromatic carbocycles. The molecule has 0 unspecified atom stereocenters. The van der Waals surface area contributed by atoms with Crippen LogP contribution in [0.25, 0.3) is 0 Å². The van der Waals surface area contributed by atoms with Crippen LogP contribution in [0.1, 0.15) is 5.56 Å². The van der Waals surface area contributed by atoms with E-state index in [1.54, 1.807) is 0 Å². The smallest absolute Gasteiger partial charge is 0.200 e. The van der Waals surface area contributed by atoms with Gasteiger partial charge in [0.1, 0.15) is 11.7 Å². The van der Waals surface area contributed by atoms with E-state index in [2.05, 4.69) is 0 Å². The molecule has 1 aromatic rings. The number of rotatable bonds is 0. The molecule has 0 heterocycles. The molecular formula is C8F6. The fourth-order valence-electron chi connectivity index (χ4n) is 0.762. The minimum Gasteiger partial charge on any atom is -0.202 e. The van der Waals surface area contributed by atoms with Crippen molar-refractivity contribution in [1.82, 2.24) is 0 Å². The zero-order valence-electron chi connectivity index (χ0n) is 6.27. The van der Waals surface area contributed by atoms with Gasteiger partial charge in [-0.1, -0.05) is 0 Å². The maximum Gasteiger partial charge on any atom is 0.200 e. The molecule has 14 heavy (non-hydrogen) atoms. The first-order chi connectivity index (χ1) is 6.50. The first kappa shape index (κ1) is 10.4. The second-order valence-corrected chi connectivity index (χ2v) is 2.16. The van der Waals surface area contributed by atoms with Crippen LogP contribution in [0, 0.1) is 41.2 Å². The monoisotopic (exact) mass is 210 g/mol. The highest BCUT2D eigenvalue weighted by molar-refractivity contribution is 5.37. The topological polar surface area (TPSA) is 0 Å². The normalized spacial score (nSPS) is 9.57. The highest BCUT2D eigenvalue weighted by Gasteiger charge is 2.24. The van der Waals surface area contributed by atoms with Gasteiger partial charge in [-0.25, -0.2) is 22.0 Å². The zero-order chi connectivity index (χ0) is 10.9. The van der Waals surface area contributed by atoms with Gasteiger partial charge in [-0.05, 0) is 5.92 Å². The molecule has 0 fully saturated rings. The minimum absolute atomic E-state index is 0.554. The lowest BCUT2D eigenvalue weighted by atomic mass is 10.2. The summed E-state index contributed by atoms with van der Waals surface area (Å²) < 4.78 is 73.7. The fraction of sp³-hybridized carbons (Fsp3) is 0. The van der Waals surface area contributed by atoms with E-state index in [0.717, 1.165) is 5.92 Å². The van der Waals surface area contributed by atoms with Gasteiger partial charge in [0.05, 0.1) is 0 Å². The van der Waals surface area contributed by atoms with Crippen LogP contribution in [0.3, 0.4) is 0 Å². The Morgan fingerprint density at radius 1 is 0.643 bits per heavy atom. The van der Waals surface area contributed by atoms with Crippen LogP contribution in [0.5, 0.6) is 0 Å². The lowest BCUT2D eigenvalue weighted by molar-refractivity contribution is 0.376. The molecular weight excluding hydrogens is 210 g/mol. The zero-order valence-corrected chi connectivity index (χ0v) is 6.27. The highest BCUT2D eigenvalue weighted by Crippen LogP contribution is 2.21. The van der Waals surface area contributed by atoms with E-state index in [4.69, 9.17) is 0 Å². The molecule has 0 saturated heterocycles. The van der Waals surface area contributed by atoms with Crippen molar-refractivity contribution in [1.29, 1.82) is 0 Å². The summed E-state index contributed by atoms with van der Waals surface area (Å²) in [5.41, 5.74) is -1.48. The Hall–Kier alpha value is -1.64. The van der Waals surface area contributed by atoms with Crippen molar-refractivity contribution in [2.75, 3.05) is 0 Å². The van der Waals surface area contributed by atoms with E-state index in [1.807, 2.05) is 0 Å². The summed E-state index contributed by atoms with van der Waals surface area (Å²) in [5, 5.41) is 0. The molecule has 1 rings (SSSR count). The summed E-state index contributed by atoms with van der Waals surface area (Å²) in [6.07, 6.45) is 0.554. The Morgan fingerprint density at radius 2 is 1.00 bits per heavy atom. The van der Waals surface area contributed by atoms with Crippen molar-refractivity contribution < 1.29 is 26.3 Å². The molecule has 0 aliphatic rings. The van der Waals surface area contributed by atoms with Gasteiger partial charge < -0.3 is 0 Å². The van der Waals surface area contributed by atoms with Crippen molar-refractivity contribution in [3.05, 3.63) is 34.6 Å². The van der Waals surface area contributed by atoms with Crippen LogP contribution in [0.4, 0.5) is 26.3 Å². The van der Waals surface area contributed by atoms with Crippen molar-refractivity contribution in [2.24, 2.45) is 0 Å². The fourth-order valence-corrected chi connectivity index (χ4v) is 0.762.